The number of hydrogen-bond donors (Lipinski definition) is 3. The molecule has 6 unspecified atom stereocenters. The minimum atomic E-state index is -1.37. The number of nitrogens with one attached hydrogen (secondary N) is 1. The van der Waals surface area contributed by atoms with Gasteiger partial charge >= 0.3 is 12.2 Å². The van der Waals surface area contributed by atoms with Gasteiger partial charge in [-0.15, -0.1) is 6.58 Å². The monoisotopic (exact) mass is 812 g/mol. The highest BCUT2D eigenvalue weighted by atomic mass is 16.7. The first-order valence-corrected chi connectivity index (χ1v) is 22.4. The molecular weight excluding hydrogens is 739 g/mol. The first kappa shape index (κ1) is 47.1. The van der Waals surface area contributed by atoms with Crippen LogP contribution in [0.5, 0.6) is 11.5 Å². The standard InChI is InChI=1S/C46H73N3O9/c1-6-10-11-12-13-14-15-16-17-20-27-47-44(52)57-35-25-26-40-38(32-35)42-36(24-19-22-29-51)34(23-18-21-28-50)31-37-39(48-56-9-4)33-41(49(5)45(53)54-8-3)46(58-40,43(37)42)55-30-7-2/h7,25-26,31-32,34,36,41-43,50-51H,2,6,8-24,27-30,33H2,1,3-5H3,(H,47,52). The Kier molecular flexibility index (Phi) is 20.4. The lowest BCUT2D eigenvalue weighted by atomic mass is 9.55. The van der Waals surface area contributed by atoms with E-state index in [0.717, 1.165) is 49.7 Å². The SMILES string of the molecule is C=CCOC12Oc3ccc(OC(=O)NCCCCCCCCCCCC)cc3C3C(CCCCO)C(CCCCO)C=C(C(=NOCC)CC1N(C)C(=O)OCC)C32. The van der Waals surface area contributed by atoms with Gasteiger partial charge in [0, 0.05) is 44.7 Å². The Bertz CT molecular complexity index is 1480. The van der Waals surface area contributed by atoms with Crippen molar-refractivity contribution in [1.29, 1.82) is 0 Å². The highest BCUT2D eigenvalue weighted by Crippen LogP contribution is 2.61. The van der Waals surface area contributed by atoms with E-state index in [1.165, 1.54) is 51.4 Å². The Hall–Kier alpha value is -3.61. The van der Waals surface area contributed by atoms with E-state index in [4.69, 9.17) is 23.8 Å². The van der Waals surface area contributed by atoms with Crippen molar-refractivity contribution in [3.05, 3.63) is 48.1 Å². The number of aliphatic hydroxyl groups excluding tert-OH is 2. The van der Waals surface area contributed by atoms with E-state index in [1.807, 2.05) is 19.1 Å². The van der Waals surface area contributed by atoms with Crippen molar-refractivity contribution in [2.45, 2.75) is 148 Å². The molecule has 326 valence electrons. The van der Waals surface area contributed by atoms with Gasteiger partial charge in [-0.05, 0) is 81.6 Å². The molecule has 12 nitrogen and oxygen atoms in total. The number of carbonyl (C=O) groups excluding carboxylic acids is 2. The summed E-state index contributed by atoms with van der Waals surface area (Å²) in [4.78, 5) is 33.9. The maximum atomic E-state index is 13.5. The third-order valence-electron chi connectivity index (χ3n) is 12.0. The molecule has 6 atom stereocenters. The van der Waals surface area contributed by atoms with Gasteiger partial charge in [0.1, 0.15) is 24.1 Å². The number of allylic oxidation sites excluding steroid dienone is 1. The maximum Gasteiger partial charge on any atom is 0.412 e. The predicted octanol–water partition coefficient (Wildman–Crippen LogP) is 9.44. The minimum Gasteiger partial charge on any atom is -0.459 e. The average molecular weight is 812 g/mol. The van der Waals surface area contributed by atoms with Crippen molar-refractivity contribution in [2.24, 2.45) is 22.9 Å². The Balaban J connectivity index is 1.70. The van der Waals surface area contributed by atoms with Crippen LogP contribution in [0, 0.1) is 17.8 Å². The fourth-order valence-corrected chi connectivity index (χ4v) is 9.23. The van der Waals surface area contributed by atoms with Crippen LogP contribution in [-0.2, 0) is 14.3 Å². The number of carbonyl (C=O) groups is 2. The molecule has 3 N–H and O–H groups in total. The van der Waals surface area contributed by atoms with Gasteiger partial charge in [0.15, 0.2) is 0 Å². The van der Waals surface area contributed by atoms with E-state index < -0.39 is 29.9 Å². The lowest BCUT2D eigenvalue weighted by molar-refractivity contribution is -0.253. The van der Waals surface area contributed by atoms with E-state index in [9.17, 15) is 19.8 Å². The number of ether oxygens (including phenoxy) is 4. The summed E-state index contributed by atoms with van der Waals surface area (Å²) in [5, 5.41) is 27.2. The summed E-state index contributed by atoms with van der Waals surface area (Å²) >= 11 is 0. The molecule has 1 aliphatic heterocycles. The van der Waals surface area contributed by atoms with Crippen LogP contribution in [0.2, 0.25) is 0 Å². The zero-order chi connectivity index (χ0) is 41.8. The molecule has 1 aromatic rings. The van der Waals surface area contributed by atoms with Gasteiger partial charge in [-0.1, -0.05) is 94.9 Å². The van der Waals surface area contributed by atoms with E-state index in [0.29, 0.717) is 43.2 Å². The Labute approximate surface area is 347 Å². The molecule has 58 heavy (non-hydrogen) atoms. The van der Waals surface area contributed by atoms with Crippen LogP contribution in [0.25, 0.3) is 0 Å². The number of fused-ring (bicyclic) bond motifs is 2. The van der Waals surface area contributed by atoms with Gasteiger partial charge in [0.2, 0.25) is 5.79 Å². The number of benzene rings is 1. The first-order chi connectivity index (χ1) is 28.3. The molecule has 4 rings (SSSR count). The first-order valence-electron chi connectivity index (χ1n) is 22.4. The molecule has 0 spiro atoms. The second kappa shape index (κ2) is 25.1. The van der Waals surface area contributed by atoms with Crippen LogP contribution in [0.3, 0.4) is 0 Å². The Morgan fingerprint density at radius 3 is 2.29 bits per heavy atom. The molecule has 0 radical (unpaired) electrons. The van der Waals surface area contributed by atoms with Crippen molar-refractivity contribution in [2.75, 3.05) is 46.6 Å². The zero-order valence-corrected chi connectivity index (χ0v) is 35.9. The van der Waals surface area contributed by atoms with Crippen LogP contribution in [0.4, 0.5) is 9.59 Å². The van der Waals surface area contributed by atoms with Gasteiger partial charge in [0.05, 0.1) is 24.8 Å². The minimum absolute atomic E-state index is 0.0498. The number of nitrogens with zero attached hydrogens (tertiary/aromatic N) is 2. The second-order valence-corrected chi connectivity index (χ2v) is 16.0. The van der Waals surface area contributed by atoms with E-state index >= 15 is 0 Å². The number of likely N-dealkylation sites (N-methyl/N-ethyl adjacent to an activating group) is 1. The summed E-state index contributed by atoms with van der Waals surface area (Å²) in [6.45, 7) is 11.3. The Morgan fingerprint density at radius 1 is 0.948 bits per heavy atom. The van der Waals surface area contributed by atoms with Gasteiger partial charge in [-0.2, -0.15) is 0 Å². The maximum absolute atomic E-state index is 13.5. The van der Waals surface area contributed by atoms with Crippen LogP contribution in [-0.4, -0.2) is 91.5 Å². The molecule has 2 amide bonds. The van der Waals surface area contributed by atoms with Crippen molar-refractivity contribution >= 4 is 17.9 Å². The van der Waals surface area contributed by atoms with Crippen molar-refractivity contribution in [1.82, 2.24) is 10.2 Å². The third-order valence-corrected chi connectivity index (χ3v) is 12.0. The van der Waals surface area contributed by atoms with Gasteiger partial charge in [0.25, 0.3) is 0 Å². The van der Waals surface area contributed by atoms with Gasteiger partial charge in [-0.25, -0.2) is 9.59 Å². The molecule has 1 heterocycles. The summed E-state index contributed by atoms with van der Waals surface area (Å²) < 4.78 is 25.4. The molecule has 3 aliphatic rings. The molecule has 0 aromatic heterocycles. The molecule has 0 saturated heterocycles. The number of unbranched alkanes of at least 4 members (excludes halogenated alkanes) is 11. The van der Waals surface area contributed by atoms with Gasteiger partial charge < -0.3 is 44.2 Å². The van der Waals surface area contributed by atoms with Crippen LogP contribution < -0.4 is 14.8 Å². The molecular formula is C46H73N3O9. The lowest BCUT2D eigenvalue weighted by Gasteiger charge is -2.59. The number of hydrogen-bond acceptors (Lipinski definition) is 10. The molecule has 2 aliphatic carbocycles. The van der Waals surface area contributed by atoms with E-state index in [-0.39, 0.29) is 50.6 Å². The zero-order valence-electron chi connectivity index (χ0n) is 35.9. The predicted molar refractivity (Wildman–Crippen MR) is 227 cm³/mol. The van der Waals surface area contributed by atoms with Gasteiger partial charge in [-0.3, -0.25) is 0 Å². The van der Waals surface area contributed by atoms with Crippen LogP contribution in [0.15, 0.2) is 47.7 Å². The molecule has 0 bridgehead atoms. The third kappa shape index (κ3) is 12.5. The summed E-state index contributed by atoms with van der Waals surface area (Å²) in [5.74, 6) is -0.927. The molecule has 1 saturated carbocycles. The molecule has 1 fully saturated rings. The molecule has 12 heteroatoms. The van der Waals surface area contributed by atoms with Crippen LogP contribution in [0.1, 0.15) is 141 Å². The number of aliphatic hydroxyl groups is 2. The van der Waals surface area contributed by atoms with E-state index in [1.54, 1.807) is 31.0 Å². The second-order valence-electron chi connectivity index (χ2n) is 16.0. The smallest absolute Gasteiger partial charge is 0.412 e. The van der Waals surface area contributed by atoms with Crippen LogP contribution >= 0.6 is 0 Å². The summed E-state index contributed by atoms with van der Waals surface area (Å²) in [6.07, 6.45) is 20.0. The fourth-order valence-electron chi connectivity index (χ4n) is 9.23. The topological polar surface area (TPSA) is 148 Å². The normalized spacial score (nSPS) is 23.9. The van der Waals surface area contributed by atoms with Crippen molar-refractivity contribution in [3.8, 4) is 11.5 Å². The average Bonchev–Trinajstić information content (AvgIpc) is 3.22. The summed E-state index contributed by atoms with van der Waals surface area (Å²) in [6, 6.07) is 4.83. The largest absolute Gasteiger partial charge is 0.459 e. The number of oxime groups is 1. The summed E-state index contributed by atoms with van der Waals surface area (Å²) in [7, 11) is 1.70. The Morgan fingerprint density at radius 2 is 1.64 bits per heavy atom. The number of rotatable bonds is 27. The van der Waals surface area contributed by atoms with Crippen molar-refractivity contribution in [3.63, 3.8) is 0 Å². The fraction of sp³-hybridized carbons (Fsp3) is 0.717. The van der Waals surface area contributed by atoms with E-state index in [2.05, 4.69) is 30.1 Å². The molecule has 1 aromatic carbocycles. The highest BCUT2D eigenvalue weighted by molar-refractivity contribution is 6.02. The quantitative estimate of drug-likeness (QED) is 0.0449. The lowest BCUT2D eigenvalue weighted by Crippen LogP contribution is -2.69. The number of amides is 2. The summed E-state index contributed by atoms with van der Waals surface area (Å²) in [5.41, 5.74) is 2.53. The highest BCUT2D eigenvalue weighted by Gasteiger charge is 2.65. The van der Waals surface area contributed by atoms with Crippen molar-refractivity contribution < 1.29 is 43.6 Å².